The molecule has 0 spiro atoms. The van der Waals surface area contributed by atoms with Crippen LogP contribution in [0.3, 0.4) is 0 Å². The van der Waals surface area contributed by atoms with Crippen molar-refractivity contribution in [3.8, 4) is 5.75 Å². The van der Waals surface area contributed by atoms with Crippen LogP contribution in [0.5, 0.6) is 5.75 Å². The second kappa shape index (κ2) is 8.62. The van der Waals surface area contributed by atoms with Crippen LogP contribution >= 0.6 is 0 Å². The van der Waals surface area contributed by atoms with Gasteiger partial charge in [-0.3, -0.25) is 9.78 Å². The van der Waals surface area contributed by atoms with Gasteiger partial charge in [0.15, 0.2) is 0 Å². The molecule has 0 radical (unpaired) electrons. The summed E-state index contributed by atoms with van der Waals surface area (Å²) in [5.74, 6) is 0.634. The molecule has 0 saturated carbocycles. The second-order valence-electron chi connectivity index (χ2n) is 5.75. The van der Waals surface area contributed by atoms with Crippen molar-refractivity contribution < 1.29 is 9.53 Å². The molecule has 130 valence electrons. The number of rotatable bonds is 6. The zero-order valence-corrected chi connectivity index (χ0v) is 14.6. The Morgan fingerprint density at radius 3 is 2.69 bits per heavy atom. The van der Waals surface area contributed by atoms with Gasteiger partial charge in [0.1, 0.15) is 5.75 Å². The Morgan fingerprint density at radius 2 is 1.88 bits per heavy atom. The van der Waals surface area contributed by atoms with Gasteiger partial charge in [0.25, 0.3) is 0 Å². The minimum atomic E-state index is -0.0830. The number of hydrogen-bond acceptors (Lipinski definition) is 3. The number of aromatic nitrogens is 1. The summed E-state index contributed by atoms with van der Waals surface area (Å²) in [5.41, 5.74) is 3.50. The van der Waals surface area contributed by atoms with E-state index >= 15 is 0 Å². The first-order valence-electron chi connectivity index (χ1n) is 8.35. The fraction of sp³-hybridized carbons (Fsp3) is 0.0909. The van der Waals surface area contributed by atoms with Crippen LogP contribution in [0.15, 0.2) is 72.9 Å². The van der Waals surface area contributed by atoms with E-state index in [1.54, 1.807) is 13.3 Å². The summed E-state index contributed by atoms with van der Waals surface area (Å²) < 4.78 is 5.29. The molecule has 0 fully saturated rings. The quantitative estimate of drug-likeness (QED) is 0.719. The number of nitrogens with one attached hydrogen (secondary N) is 1. The molecule has 0 aliphatic heterocycles. The molecule has 26 heavy (non-hydrogen) atoms. The van der Waals surface area contributed by atoms with Gasteiger partial charge >= 0.3 is 0 Å². The van der Waals surface area contributed by atoms with Crippen LogP contribution in [-0.2, 0) is 11.2 Å². The highest BCUT2D eigenvalue weighted by Gasteiger charge is 2.08. The Bertz CT molecular complexity index is 905. The van der Waals surface area contributed by atoms with E-state index in [2.05, 4.69) is 10.3 Å². The smallest absolute Gasteiger partial charge is 0.228 e. The Hall–Kier alpha value is -3.40. The van der Waals surface area contributed by atoms with Gasteiger partial charge < -0.3 is 10.1 Å². The summed E-state index contributed by atoms with van der Waals surface area (Å²) in [6.07, 6.45) is 5.93. The minimum Gasteiger partial charge on any atom is -0.496 e. The van der Waals surface area contributed by atoms with E-state index in [1.807, 2.05) is 78.9 Å². The molecule has 1 heterocycles. The fourth-order valence-electron chi connectivity index (χ4n) is 2.60. The van der Waals surface area contributed by atoms with Gasteiger partial charge in [-0.25, -0.2) is 0 Å². The third-order valence-electron chi connectivity index (χ3n) is 3.85. The highest BCUT2D eigenvalue weighted by Crippen LogP contribution is 2.19. The van der Waals surface area contributed by atoms with Crippen LogP contribution in [0.4, 0.5) is 5.69 Å². The summed E-state index contributed by atoms with van der Waals surface area (Å²) in [6, 6.07) is 21.0. The zero-order valence-electron chi connectivity index (χ0n) is 14.6. The van der Waals surface area contributed by atoms with E-state index < -0.39 is 0 Å². The predicted molar refractivity (Wildman–Crippen MR) is 105 cm³/mol. The first-order chi connectivity index (χ1) is 12.7. The number of pyridine rings is 1. The maximum absolute atomic E-state index is 12.3. The zero-order chi connectivity index (χ0) is 18.2. The average Bonchev–Trinajstić information content (AvgIpc) is 2.68. The number of hydrogen-bond donors (Lipinski definition) is 1. The van der Waals surface area contributed by atoms with Gasteiger partial charge in [0.05, 0.1) is 19.2 Å². The molecule has 0 aliphatic rings. The van der Waals surface area contributed by atoms with Crippen molar-refractivity contribution in [2.24, 2.45) is 0 Å². The number of amides is 1. The fourth-order valence-corrected chi connectivity index (χ4v) is 2.60. The van der Waals surface area contributed by atoms with Gasteiger partial charge in [0, 0.05) is 17.4 Å². The Morgan fingerprint density at radius 1 is 1.04 bits per heavy atom. The van der Waals surface area contributed by atoms with Gasteiger partial charge in [-0.05, 0) is 42.0 Å². The van der Waals surface area contributed by atoms with Crippen molar-refractivity contribution in [1.82, 2.24) is 4.98 Å². The number of carbonyl (C=O) groups is 1. The highest BCUT2D eigenvalue weighted by molar-refractivity contribution is 5.93. The second-order valence-corrected chi connectivity index (χ2v) is 5.75. The average molecular weight is 344 g/mol. The molecule has 2 aromatic carbocycles. The molecular formula is C22H20N2O2. The first-order valence-corrected chi connectivity index (χ1v) is 8.35. The summed E-state index contributed by atoms with van der Waals surface area (Å²) in [5, 5.41) is 2.94. The van der Waals surface area contributed by atoms with Crippen molar-refractivity contribution in [3.63, 3.8) is 0 Å². The van der Waals surface area contributed by atoms with Crippen LogP contribution in [0, 0.1) is 0 Å². The van der Waals surface area contributed by atoms with Crippen molar-refractivity contribution >= 4 is 23.7 Å². The number of anilines is 1. The van der Waals surface area contributed by atoms with Crippen LogP contribution in [0.1, 0.15) is 16.8 Å². The monoisotopic (exact) mass is 344 g/mol. The number of carbonyl (C=O) groups excluding carboxylic acids is 1. The number of ether oxygens (including phenoxy) is 1. The van der Waals surface area contributed by atoms with E-state index in [0.29, 0.717) is 0 Å². The van der Waals surface area contributed by atoms with Crippen LogP contribution in [-0.4, -0.2) is 18.0 Å². The van der Waals surface area contributed by atoms with E-state index in [4.69, 9.17) is 4.74 Å². The third kappa shape index (κ3) is 4.80. The summed E-state index contributed by atoms with van der Waals surface area (Å²) in [7, 11) is 1.61. The van der Waals surface area contributed by atoms with Gasteiger partial charge in [-0.15, -0.1) is 0 Å². The van der Waals surface area contributed by atoms with Crippen molar-refractivity contribution in [2.45, 2.75) is 6.42 Å². The Labute approximate surface area is 153 Å². The number of nitrogens with zero attached hydrogens (tertiary/aromatic N) is 1. The lowest BCUT2D eigenvalue weighted by Gasteiger charge is -2.09. The minimum absolute atomic E-state index is 0.0830. The molecule has 1 N–H and O–H groups in total. The molecule has 3 rings (SSSR count). The van der Waals surface area contributed by atoms with E-state index in [9.17, 15) is 4.79 Å². The van der Waals surface area contributed by atoms with Crippen molar-refractivity contribution in [1.29, 1.82) is 0 Å². The molecule has 1 amide bonds. The molecule has 0 bridgehead atoms. The van der Waals surface area contributed by atoms with Crippen molar-refractivity contribution in [3.05, 3.63) is 89.7 Å². The highest BCUT2D eigenvalue weighted by atomic mass is 16.5. The maximum atomic E-state index is 12.3. The Balaban J connectivity index is 1.66. The van der Waals surface area contributed by atoms with Gasteiger partial charge in [-0.1, -0.05) is 42.5 Å². The lowest BCUT2D eigenvalue weighted by atomic mass is 10.1. The summed E-state index contributed by atoms with van der Waals surface area (Å²) in [6.45, 7) is 0. The van der Waals surface area contributed by atoms with E-state index in [-0.39, 0.29) is 12.3 Å². The van der Waals surface area contributed by atoms with Gasteiger partial charge in [0.2, 0.25) is 5.91 Å². The largest absolute Gasteiger partial charge is 0.496 e. The third-order valence-corrected chi connectivity index (χ3v) is 3.85. The molecule has 0 atom stereocenters. The first kappa shape index (κ1) is 17.4. The molecule has 0 aliphatic carbocycles. The van der Waals surface area contributed by atoms with Crippen molar-refractivity contribution in [2.75, 3.05) is 12.4 Å². The van der Waals surface area contributed by atoms with E-state index in [0.717, 1.165) is 28.3 Å². The molecule has 1 aromatic heterocycles. The summed E-state index contributed by atoms with van der Waals surface area (Å²) in [4.78, 5) is 16.6. The van der Waals surface area contributed by atoms with E-state index in [1.165, 1.54) is 0 Å². The van der Waals surface area contributed by atoms with Crippen LogP contribution in [0.2, 0.25) is 0 Å². The van der Waals surface area contributed by atoms with Crippen LogP contribution in [0.25, 0.3) is 12.2 Å². The Kier molecular flexibility index (Phi) is 5.78. The number of benzene rings is 2. The summed E-state index contributed by atoms with van der Waals surface area (Å²) >= 11 is 0. The molecular weight excluding hydrogens is 324 g/mol. The lowest BCUT2D eigenvalue weighted by molar-refractivity contribution is -0.115. The maximum Gasteiger partial charge on any atom is 0.228 e. The topological polar surface area (TPSA) is 51.2 Å². The molecule has 4 heteroatoms. The number of para-hydroxylation sites is 1. The molecule has 4 nitrogen and oxygen atoms in total. The normalized spacial score (nSPS) is 10.7. The molecule has 0 unspecified atom stereocenters. The molecule has 3 aromatic rings. The number of methoxy groups -OCH3 is 1. The van der Waals surface area contributed by atoms with Crippen LogP contribution < -0.4 is 10.1 Å². The predicted octanol–water partition coefficient (Wildman–Crippen LogP) is 4.44. The lowest BCUT2D eigenvalue weighted by Crippen LogP contribution is -2.14. The SMILES string of the molecule is COc1ccccc1CC(=O)Nc1cccc(/C=C/c2ccccn2)c1. The van der Waals surface area contributed by atoms with Gasteiger partial charge in [-0.2, -0.15) is 0 Å². The molecule has 0 saturated heterocycles. The standard InChI is InChI=1S/C22H20N2O2/c1-26-21-11-3-2-8-18(21)16-22(25)24-20-10-6-7-17(15-20)12-13-19-9-4-5-14-23-19/h2-15H,16H2,1H3,(H,24,25)/b13-12+.